The number of amides is 3. The van der Waals surface area contributed by atoms with Crippen molar-refractivity contribution in [3.05, 3.63) is 23.8 Å². The van der Waals surface area contributed by atoms with Gasteiger partial charge in [0.05, 0.1) is 11.4 Å². The Hall–Kier alpha value is -2.57. The van der Waals surface area contributed by atoms with E-state index in [9.17, 15) is 14.4 Å². The van der Waals surface area contributed by atoms with Crippen LogP contribution in [-0.2, 0) is 14.4 Å². The zero-order chi connectivity index (χ0) is 15.6. The minimum absolute atomic E-state index is 0.161. The van der Waals surface area contributed by atoms with E-state index >= 15 is 0 Å². The first-order valence-electron chi connectivity index (χ1n) is 6.59. The molecule has 3 N–H and O–H groups in total. The molecule has 7 nitrogen and oxygen atoms in total. The van der Waals surface area contributed by atoms with Crippen molar-refractivity contribution < 1.29 is 14.4 Å². The molecule has 0 unspecified atom stereocenters. The predicted molar refractivity (Wildman–Crippen MR) is 78.4 cm³/mol. The molecule has 0 bridgehead atoms. The lowest BCUT2D eigenvalue weighted by atomic mass is 10.1. The van der Waals surface area contributed by atoms with Crippen LogP contribution in [0, 0.1) is 6.92 Å². The van der Waals surface area contributed by atoms with Gasteiger partial charge in [0.1, 0.15) is 6.54 Å². The summed E-state index contributed by atoms with van der Waals surface area (Å²) in [5, 5.41) is 2.69. The van der Waals surface area contributed by atoms with Gasteiger partial charge in [0.25, 0.3) is 0 Å². The normalized spacial score (nSPS) is 15.3. The van der Waals surface area contributed by atoms with Crippen molar-refractivity contribution in [3.63, 3.8) is 0 Å². The molecule has 0 saturated carbocycles. The summed E-state index contributed by atoms with van der Waals surface area (Å²) in [5.74, 6) is -1.62. The van der Waals surface area contributed by atoms with Crippen LogP contribution in [0.15, 0.2) is 18.2 Å². The zero-order valence-corrected chi connectivity index (χ0v) is 12.0. The Kier molecular flexibility index (Phi) is 4.11. The third-order valence-electron chi connectivity index (χ3n) is 3.43. The van der Waals surface area contributed by atoms with Crippen molar-refractivity contribution in [1.29, 1.82) is 0 Å². The van der Waals surface area contributed by atoms with Crippen LogP contribution in [0.2, 0.25) is 0 Å². The number of hydrogen-bond acceptors (Lipinski definition) is 4. The van der Waals surface area contributed by atoms with Gasteiger partial charge in [-0.05, 0) is 18.6 Å². The number of hydrogen-bond donors (Lipinski definition) is 2. The number of benzene rings is 1. The summed E-state index contributed by atoms with van der Waals surface area (Å²) in [6.45, 7) is 2.44. The van der Waals surface area contributed by atoms with E-state index in [0.717, 1.165) is 5.56 Å². The molecule has 1 aromatic carbocycles. The number of rotatable bonds is 3. The average Bonchev–Trinajstić information content (AvgIpc) is 2.44. The predicted octanol–water partition coefficient (Wildman–Crippen LogP) is -0.184. The highest BCUT2D eigenvalue weighted by Gasteiger charge is 2.31. The summed E-state index contributed by atoms with van der Waals surface area (Å²) in [7, 11) is 1.56. The fourth-order valence-electron chi connectivity index (χ4n) is 2.14. The molecule has 1 aromatic rings. The van der Waals surface area contributed by atoms with Gasteiger partial charge in [-0.3, -0.25) is 14.4 Å². The van der Waals surface area contributed by atoms with Crippen molar-refractivity contribution >= 4 is 29.1 Å². The minimum Gasteiger partial charge on any atom is -0.397 e. The largest absolute Gasteiger partial charge is 0.397 e. The number of nitrogens with one attached hydrogen (secondary N) is 1. The molecule has 1 fully saturated rings. The van der Waals surface area contributed by atoms with Crippen LogP contribution in [-0.4, -0.2) is 54.2 Å². The Balaban J connectivity index is 2.02. The lowest BCUT2D eigenvalue weighted by Crippen LogP contribution is -2.54. The van der Waals surface area contributed by atoms with Crippen LogP contribution in [0.25, 0.3) is 0 Å². The first kappa shape index (κ1) is 14.8. The molecule has 21 heavy (non-hydrogen) atoms. The smallest absolute Gasteiger partial charge is 0.312 e. The molecule has 7 heteroatoms. The standard InChI is InChI=1S/C14H18N4O3/c1-9-4-3-5-10(15)12(9)16-11(19)8-18-7-6-17(2)13(20)14(18)21/h3-5H,6-8,15H2,1-2H3,(H,16,19). The van der Waals surface area contributed by atoms with Gasteiger partial charge in [-0.2, -0.15) is 0 Å². The van der Waals surface area contributed by atoms with Crippen LogP contribution in [0.4, 0.5) is 11.4 Å². The van der Waals surface area contributed by atoms with Gasteiger partial charge >= 0.3 is 11.8 Å². The number of para-hydroxylation sites is 1. The summed E-state index contributed by atoms with van der Waals surface area (Å²) in [6.07, 6.45) is 0. The van der Waals surface area contributed by atoms with Crippen molar-refractivity contribution in [1.82, 2.24) is 9.80 Å². The molecule has 1 heterocycles. The van der Waals surface area contributed by atoms with Crippen molar-refractivity contribution in [2.75, 3.05) is 37.7 Å². The lowest BCUT2D eigenvalue weighted by Gasteiger charge is -2.31. The van der Waals surface area contributed by atoms with E-state index in [-0.39, 0.29) is 12.5 Å². The summed E-state index contributed by atoms with van der Waals surface area (Å²) < 4.78 is 0. The SMILES string of the molecule is Cc1cccc(N)c1NC(=O)CN1CCN(C)C(=O)C1=O. The molecule has 1 saturated heterocycles. The number of anilines is 2. The van der Waals surface area contributed by atoms with Gasteiger partial charge < -0.3 is 20.9 Å². The molecule has 2 rings (SSSR count). The molecular weight excluding hydrogens is 272 g/mol. The van der Waals surface area contributed by atoms with Crippen LogP contribution < -0.4 is 11.1 Å². The lowest BCUT2D eigenvalue weighted by molar-refractivity contribution is -0.155. The molecule has 0 aromatic heterocycles. The second-order valence-electron chi connectivity index (χ2n) is 5.04. The van der Waals surface area contributed by atoms with Gasteiger partial charge in [0.2, 0.25) is 5.91 Å². The molecule has 0 atom stereocenters. The van der Waals surface area contributed by atoms with Crippen LogP contribution in [0.1, 0.15) is 5.56 Å². The number of carbonyl (C=O) groups is 3. The Morgan fingerprint density at radius 2 is 2.00 bits per heavy atom. The Morgan fingerprint density at radius 3 is 2.67 bits per heavy atom. The van der Waals surface area contributed by atoms with Gasteiger partial charge in [-0.1, -0.05) is 12.1 Å². The molecule has 0 spiro atoms. The van der Waals surface area contributed by atoms with E-state index in [1.165, 1.54) is 9.80 Å². The first-order chi connectivity index (χ1) is 9.90. The highest BCUT2D eigenvalue weighted by atomic mass is 16.2. The van der Waals surface area contributed by atoms with E-state index in [4.69, 9.17) is 5.73 Å². The summed E-state index contributed by atoms with van der Waals surface area (Å²) in [6, 6.07) is 5.31. The second-order valence-corrected chi connectivity index (χ2v) is 5.04. The Labute approximate surface area is 122 Å². The Morgan fingerprint density at radius 1 is 1.29 bits per heavy atom. The van der Waals surface area contributed by atoms with Gasteiger partial charge in [-0.15, -0.1) is 0 Å². The quantitative estimate of drug-likeness (QED) is 0.596. The highest BCUT2D eigenvalue weighted by Crippen LogP contribution is 2.22. The third-order valence-corrected chi connectivity index (χ3v) is 3.43. The second kappa shape index (κ2) is 5.82. The number of aryl methyl sites for hydroxylation is 1. The topological polar surface area (TPSA) is 95.7 Å². The monoisotopic (exact) mass is 290 g/mol. The molecule has 1 aliphatic heterocycles. The molecule has 3 amide bonds. The maximum Gasteiger partial charge on any atom is 0.312 e. The number of nitrogens with zero attached hydrogens (tertiary/aromatic N) is 2. The van der Waals surface area contributed by atoms with Crippen LogP contribution in [0.5, 0.6) is 0 Å². The van der Waals surface area contributed by atoms with E-state index in [1.54, 1.807) is 19.2 Å². The van der Waals surface area contributed by atoms with E-state index in [1.807, 2.05) is 13.0 Å². The van der Waals surface area contributed by atoms with Gasteiger partial charge in [0.15, 0.2) is 0 Å². The molecule has 0 radical (unpaired) electrons. The van der Waals surface area contributed by atoms with Crippen molar-refractivity contribution in [2.24, 2.45) is 0 Å². The molecular formula is C14H18N4O3. The van der Waals surface area contributed by atoms with E-state index in [0.29, 0.717) is 24.5 Å². The van der Waals surface area contributed by atoms with E-state index in [2.05, 4.69) is 5.32 Å². The number of nitrogens with two attached hydrogens (primary N) is 1. The van der Waals surface area contributed by atoms with Crippen LogP contribution in [0.3, 0.4) is 0 Å². The summed E-state index contributed by atoms with van der Waals surface area (Å²) in [4.78, 5) is 38.0. The number of likely N-dealkylation sites (N-methyl/N-ethyl adjacent to an activating group) is 1. The van der Waals surface area contributed by atoms with Gasteiger partial charge in [-0.25, -0.2) is 0 Å². The zero-order valence-electron chi connectivity index (χ0n) is 12.0. The fourth-order valence-corrected chi connectivity index (χ4v) is 2.14. The Bertz CT molecular complexity index is 580. The fraction of sp³-hybridized carbons (Fsp3) is 0.357. The van der Waals surface area contributed by atoms with E-state index < -0.39 is 11.8 Å². The third kappa shape index (κ3) is 3.13. The number of nitrogen functional groups attached to an aromatic ring is 1. The van der Waals surface area contributed by atoms with Gasteiger partial charge in [0, 0.05) is 20.1 Å². The van der Waals surface area contributed by atoms with Crippen molar-refractivity contribution in [3.8, 4) is 0 Å². The molecule has 1 aliphatic rings. The van der Waals surface area contributed by atoms with Crippen LogP contribution >= 0.6 is 0 Å². The maximum atomic E-state index is 12.0. The molecule has 0 aliphatic carbocycles. The number of piperazine rings is 1. The van der Waals surface area contributed by atoms with Crippen molar-refractivity contribution in [2.45, 2.75) is 6.92 Å². The summed E-state index contributed by atoms with van der Waals surface area (Å²) >= 11 is 0. The minimum atomic E-state index is -0.656. The first-order valence-corrected chi connectivity index (χ1v) is 6.59. The highest BCUT2D eigenvalue weighted by molar-refractivity contribution is 6.35. The average molecular weight is 290 g/mol. The maximum absolute atomic E-state index is 12.0. The summed E-state index contributed by atoms with van der Waals surface area (Å²) in [5.41, 5.74) is 7.65. The number of carbonyl (C=O) groups excluding carboxylic acids is 3. The molecule has 112 valence electrons.